The van der Waals surface area contributed by atoms with Gasteiger partial charge in [-0.3, -0.25) is 4.79 Å². The molecular formula is C17H22ClN5O2. The summed E-state index contributed by atoms with van der Waals surface area (Å²) in [6.45, 7) is 1.73. The van der Waals surface area contributed by atoms with Crippen LogP contribution in [0.1, 0.15) is 16.9 Å². The van der Waals surface area contributed by atoms with E-state index in [2.05, 4.69) is 25.5 Å². The van der Waals surface area contributed by atoms with Crippen LogP contribution in [-0.2, 0) is 0 Å². The fraction of sp³-hybridized carbons (Fsp3) is 0.353. The van der Waals surface area contributed by atoms with Crippen molar-refractivity contribution < 1.29 is 9.53 Å². The van der Waals surface area contributed by atoms with E-state index in [1.165, 1.54) is 13.4 Å². The molecule has 0 saturated carbocycles. The van der Waals surface area contributed by atoms with E-state index in [1.54, 1.807) is 24.3 Å². The van der Waals surface area contributed by atoms with E-state index >= 15 is 0 Å². The second-order valence-electron chi connectivity index (χ2n) is 5.67. The maximum absolute atomic E-state index is 12.4. The van der Waals surface area contributed by atoms with Crippen LogP contribution in [0.15, 0.2) is 30.6 Å². The first-order valence-corrected chi connectivity index (χ1v) is 8.23. The molecule has 1 aromatic heterocycles. The van der Waals surface area contributed by atoms with Gasteiger partial charge in [0.15, 0.2) is 0 Å². The SMILES string of the molecule is COc1ccc(Cl)cc1NC(=O)c1cc(NCCCN(C)C)ncn1. The minimum absolute atomic E-state index is 0.257. The number of nitrogens with zero attached hydrogens (tertiary/aromatic N) is 3. The number of carbonyl (C=O) groups is 1. The number of hydrogen-bond acceptors (Lipinski definition) is 6. The lowest BCUT2D eigenvalue weighted by molar-refractivity contribution is 0.102. The third kappa shape index (κ3) is 5.88. The van der Waals surface area contributed by atoms with Gasteiger partial charge in [0, 0.05) is 17.6 Å². The van der Waals surface area contributed by atoms with Gasteiger partial charge in [-0.25, -0.2) is 9.97 Å². The van der Waals surface area contributed by atoms with Crippen LogP contribution in [-0.4, -0.2) is 55.1 Å². The highest BCUT2D eigenvalue weighted by atomic mass is 35.5. The van der Waals surface area contributed by atoms with Crippen molar-refractivity contribution in [1.82, 2.24) is 14.9 Å². The number of amides is 1. The van der Waals surface area contributed by atoms with Gasteiger partial charge in [-0.15, -0.1) is 0 Å². The molecule has 0 radical (unpaired) electrons. The van der Waals surface area contributed by atoms with E-state index in [1.807, 2.05) is 14.1 Å². The summed E-state index contributed by atoms with van der Waals surface area (Å²) in [5, 5.41) is 6.44. The number of anilines is 2. The predicted molar refractivity (Wildman–Crippen MR) is 99.6 cm³/mol. The highest BCUT2D eigenvalue weighted by molar-refractivity contribution is 6.31. The van der Waals surface area contributed by atoms with Crippen molar-refractivity contribution in [3.8, 4) is 5.75 Å². The van der Waals surface area contributed by atoms with Gasteiger partial charge in [0.1, 0.15) is 23.6 Å². The van der Waals surface area contributed by atoms with Crippen molar-refractivity contribution in [1.29, 1.82) is 0 Å². The van der Waals surface area contributed by atoms with Gasteiger partial charge in [-0.1, -0.05) is 11.6 Å². The number of nitrogens with one attached hydrogen (secondary N) is 2. The molecule has 2 N–H and O–H groups in total. The van der Waals surface area contributed by atoms with Crippen LogP contribution in [0.25, 0.3) is 0 Å². The third-order valence-corrected chi connectivity index (χ3v) is 3.63. The summed E-state index contributed by atoms with van der Waals surface area (Å²) < 4.78 is 5.22. The Kier molecular flexibility index (Phi) is 6.97. The molecule has 25 heavy (non-hydrogen) atoms. The molecule has 0 spiro atoms. The van der Waals surface area contributed by atoms with Crippen LogP contribution in [0.5, 0.6) is 5.75 Å². The van der Waals surface area contributed by atoms with Gasteiger partial charge < -0.3 is 20.3 Å². The lowest BCUT2D eigenvalue weighted by Gasteiger charge is -2.11. The van der Waals surface area contributed by atoms with E-state index in [0.717, 1.165) is 19.5 Å². The maximum atomic E-state index is 12.4. The molecule has 7 nitrogen and oxygen atoms in total. The Morgan fingerprint density at radius 2 is 2.08 bits per heavy atom. The van der Waals surface area contributed by atoms with Gasteiger partial charge in [0.2, 0.25) is 0 Å². The second-order valence-corrected chi connectivity index (χ2v) is 6.11. The highest BCUT2D eigenvalue weighted by Crippen LogP contribution is 2.28. The number of halogens is 1. The molecule has 2 rings (SSSR count). The zero-order valence-corrected chi connectivity index (χ0v) is 15.3. The van der Waals surface area contributed by atoms with Gasteiger partial charge in [-0.05, 0) is 45.3 Å². The number of hydrogen-bond donors (Lipinski definition) is 2. The minimum Gasteiger partial charge on any atom is -0.495 e. The molecule has 1 amide bonds. The maximum Gasteiger partial charge on any atom is 0.274 e. The largest absolute Gasteiger partial charge is 0.495 e. The van der Waals surface area contributed by atoms with Crippen molar-refractivity contribution in [3.63, 3.8) is 0 Å². The Morgan fingerprint density at radius 3 is 2.80 bits per heavy atom. The molecule has 0 aliphatic carbocycles. The molecule has 0 aliphatic heterocycles. The molecule has 0 fully saturated rings. The van der Waals surface area contributed by atoms with Crippen LogP contribution in [0.2, 0.25) is 5.02 Å². The molecule has 8 heteroatoms. The number of aromatic nitrogens is 2. The molecule has 0 bridgehead atoms. The molecule has 0 unspecified atom stereocenters. The number of rotatable bonds is 8. The first-order chi connectivity index (χ1) is 12.0. The monoisotopic (exact) mass is 363 g/mol. The summed E-state index contributed by atoms with van der Waals surface area (Å²) in [4.78, 5) is 22.7. The zero-order chi connectivity index (χ0) is 18.2. The molecule has 134 valence electrons. The Morgan fingerprint density at radius 1 is 1.28 bits per heavy atom. The summed E-state index contributed by atoms with van der Waals surface area (Å²) in [6.07, 6.45) is 2.33. The summed E-state index contributed by atoms with van der Waals surface area (Å²) in [5.41, 5.74) is 0.742. The molecule has 2 aromatic rings. The van der Waals surface area contributed by atoms with E-state index in [4.69, 9.17) is 16.3 Å². The summed E-state index contributed by atoms with van der Waals surface area (Å²) in [7, 11) is 5.58. The minimum atomic E-state index is -0.362. The van der Waals surface area contributed by atoms with E-state index < -0.39 is 0 Å². The average Bonchev–Trinajstić information content (AvgIpc) is 2.59. The quantitative estimate of drug-likeness (QED) is 0.702. The van der Waals surface area contributed by atoms with E-state index in [-0.39, 0.29) is 11.6 Å². The lowest BCUT2D eigenvalue weighted by Crippen LogP contribution is -2.17. The van der Waals surface area contributed by atoms with Gasteiger partial charge in [0.05, 0.1) is 12.8 Å². The van der Waals surface area contributed by atoms with Crippen molar-refractivity contribution >= 4 is 29.0 Å². The summed E-state index contributed by atoms with van der Waals surface area (Å²) in [5.74, 6) is 0.769. The first kappa shape index (κ1) is 19.0. The van der Waals surface area contributed by atoms with Gasteiger partial charge in [0.25, 0.3) is 5.91 Å². The van der Waals surface area contributed by atoms with Crippen LogP contribution in [0, 0.1) is 0 Å². The Labute approximate surface area is 152 Å². The summed E-state index contributed by atoms with van der Waals surface area (Å²) >= 11 is 5.98. The van der Waals surface area contributed by atoms with E-state index in [0.29, 0.717) is 22.3 Å². The third-order valence-electron chi connectivity index (χ3n) is 3.40. The van der Waals surface area contributed by atoms with E-state index in [9.17, 15) is 4.79 Å². The lowest BCUT2D eigenvalue weighted by atomic mass is 10.2. The average molecular weight is 364 g/mol. The molecule has 0 aliphatic rings. The molecule has 1 heterocycles. The van der Waals surface area contributed by atoms with Gasteiger partial charge in [-0.2, -0.15) is 0 Å². The smallest absolute Gasteiger partial charge is 0.274 e. The standard InChI is InChI=1S/C17H22ClN5O2/c1-23(2)8-4-7-19-16-10-14(20-11-21-16)17(24)22-13-9-12(18)5-6-15(13)25-3/h5-6,9-11H,4,7-8H2,1-3H3,(H,22,24)(H,19,20,21). The molecule has 0 atom stereocenters. The second kappa shape index (κ2) is 9.19. The van der Waals surface area contributed by atoms with Crippen molar-refractivity contribution in [2.45, 2.75) is 6.42 Å². The number of ether oxygens (including phenoxy) is 1. The van der Waals surface area contributed by atoms with Crippen LogP contribution in [0.4, 0.5) is 11.5 Å². The van der Waals surface area contributed by atoms with Crippen LogP contribution < -0.4 is 15.4 Å². The van der Waals surface area contributed by atoms with Crippen molar-refractivity contribution in [2.24, 2.45) is 0 Å². The molecule has 0 saturated heterocycles. The molecular weight excluding hydrogens is 342 g/mol. The highest BCUT2D eigenvalue weighted by Gasteiger charge is 2.12. The van der Waals surface area contributed by atoms with Gasteiger partial charge >= 0.3 is 0 Å². The molecule has 1 aromatic carbocycles. The van der Waals surface area contributed by atoms with Crippen molar-refractivity contribution in [2.75, 3.05) is 44.9 Å². The number of carbonyl (C=O) groups excluding carboxylic acids is 1. The first-order valence-electron chi connectivity index (χ1n) is 7.85. The number of benzene rings is 1. The van der Waals surface area contributed by atoms with Crippen LogP contribution >= 0.6 is 11.6 Å². The van der Waals surface area contributed by atoms with Crippen molar-refractivity contribution in [3.05, 3.63) is 41.3 Å². The van der Waals surface area contributed by atoms with Crippen LogP contribution in [0.3, 0.4) is 0 Å². The fourth-order valence-corrected chi connectivity index (χ4v) is 2.33. The number of methoxy groups -OCH3 is 1. The summed E-state index contributed by atoms with van der Waals surface area (Å²) in [6, 6.07) is 6.62. The Bertz CT molecular complexity index is 724. The predicted octanol–water partition coefficient (Wildman–Crippen LogP) is 2.75. The Hall–Kier alpha value is -2.38. The Balaban J connectivity index is 2.02. The fourth-order valence-electron chi connectivity index (χ4n) is 2.15. The zero-order valence-electron chi connectivity index (χ0n) is 14.5. The normalized spacial score (nSPS) is 10.6. The topological polar surface area (TPSA) is 79.4 Å².